The van der Waals surface area contributed by atoms with Crippen LogP contribution in [0.15, 0.2) is 65.1 Å². The van der Waals surface area contributed by atoms with E-state index in [0.717, 1.165) is 17.0 Å². The Morgan fingerprint density at radius 2 is 1.85 bits per heavy atom. The van der Waals surface area contributed by atoms with Gasteiger partial charge < -0.3 is 15.1 Å². The molecule has 2 aromatic carbocycles. The van der Waals surface area contributed by atoms with Gasteiger partial charge in [0.05, 0.1) is 12.1 Å². The molecule has 0 radical (unpaired) electrons. The van der Waals surface area contributed by atoms with Crippen LogP contribution < -0.4 is 10.6 Å². The number of halogens is 1. The lowest BCUT2D eigenvalue weighted by Gasteiger charge is -2.09. The Labute approximate surface area is 158 Å². The maximum absolute atomic E-state index is 13.8. The van der Waals surface area contributed by atoms with Crippen molar-refractivity contribution in [3.05, 3.63) is 77.8 Å². The van der Waals surface area contributed by atoms with Gasteiger partial charge in [-0.25, -0.2) is 4.39 Å². The van der Waals surface area contributed by atoms with E-state index < -0.39 is 0 Å². The third-order valence-corrected chi connectivity index (χ3v) is 4.15. The van der Waals surface area contributed by atoms with Gasteiger partial charge in [-0.15, -0.1) is 0 Å². The standard InChI is InChI=1S/C22H23FN2O2/c1-15(2)22(26)25-17-7-5-6-16(12-17)13-24-14-18-10-11-21(27-18)19-8-3-4-9-20(19)23/h3-12,15,24H,13-14H2,1-2H3,(H,25,26). The summed E-state index contributed by atoms with van der Waals surface area (Å²) in [6.07, 6.45) is 0. The molecule has 0 saturated heterocycles. The van der Waals surface area contributed by atoms with Crippen molar-refractivity contribution in [2.45, 2.75) is 26.9 Å². The Bertz CT molecular complexity index is 918. The Balaban J connectivity index is 1.56. The fourth-order valence-corrected chi connectivity index (χ4v) is 2.65. The highest BCUT2D eigenvalue weighted by Crippen LogP contribution is 2.24. The van der Waals surface area contributed by atoms with E-state index in [9.17, 15) is 9.18 Å². The predicted octanol–water partition coefficient (Wildman–Crippen LogP) is 4.97. The van der Waals surface area contributed by atoms with Crippen LogP contribution in [0.5, 0.6) is 0 Å². The minimum absolute atomic E-state index is 0.00336. The number of carbonyl (C=O) groups is 1. The summed E-state index contributed by atoms with van der Waals surface area (Å²) in [5.74, 6) is 0.887. The van der Waals surface area contributed by atoms with E-state index in [2.05, 4.69) is 10.6 Å². The van der Waals surface area contributed by atoms with Crippen LogP contribution in [-0.2, 0) is 17.9 Å². The first-order chi connectivity index (χ1) is 13.0. The molecule has 1 heterocycles. The maximum atomic E-state index is 13.8. The van der Waals surface area contributed by atoms with Crippen molar-refractivity contribution in [1.29, 1.82) is 0 Å². The van der Waals surface area contributed by atoms with Crippen LogP contribution in [0.2, 0.25) is 0 Å². The quantitative estimate of drug-likeness (QED) is 0.621. The maximum Gasteiger partial charge on any atom is 0.226 e. The van der Waals surface area contributed by atoms with Crippen molar-refractivity contribution in [3.63, 3.8) is 0 Å². The van der Waals surface area contributed by atoms with Gasteiger partial charge in [0.1, 0.15) is 17.3 Å². The summed E-state index contributed by atoms with van der Waals surface area (Å²) in [5.41, 5.74) is 2.29. The average Bonchev–Trinajstić information content (AvgIpc) is 3.11. The number of rotatable bonds is 7. The Morgan fingerprint density at radius 3 is 2.63 bits per heavy atom. The van der Waals surface area contributed by atoms with Gasteiger partial charge in [0.15, 0.2) is 0 Å². The molecule has 4 nitrogen and oxygen atoms in total. The van der Waals surface area contributed by atoms with Crippen LogP contribution in [0.25, 0.3) is 11.3 Å². The first-order valence-electron chi connectivity index (χ1n) is 8.97. The molecule has 2 N–H and O–H groups in total. The van der Waals surface area contributed by atoms with Crippen LogP contribution in [0, 0.1) is 11.7 Å². The molecule has 0 spiro atoms. The summed E-state index contributed by atoms with van der Waals surface area (Å²) in [7, 11) is 0. The van der Waals surface area contributed by atoms with E-state index in [1.54, 1.807) is 24.3 Å². The normalized spacial score (nSPS) is 11.0. The van der Waals surface area contributed by atoms with Crippen LogP contribution in [0.1, 0.15) is 25.2 Å². The van der Waals surface area contributed by atoms with Gasteiger partial charge in [0.25, 0.3) is 0 Å². The van der Waals surface area contributed by atoms with Crippen molar-refractivity contribution in [1.82, 2.24) is 5.32 Å². The summed E-state index contributed by atoms with van der Waals surface area (Å²) >= 11 is 0. The molecule has 3 rings (SSSR count). The fraction of sp³-hybridized carbons (Fsp3) is 0.227. The molecule has 0 bridgehead atoms. The molecule has 0 aliphatic carbocycles. The molecule has 27 heavy (non-hydrogen) atoms. The van der Waals surface area contributed by atoms with Crippen molar-refractivity contribution >= 4 is 11.6 Å². The third kappa shape index (κ3) is 5.05. The Kier molecular flexibility index (Phi) is 6.04. The van der Waals surface area contributed by atoms with E-state index in [1.165, 1.54) is 6.07 Å². The Hall–Kier alpha value is -2.92. The minimum Gasteiger partial charge on any atom is -0.460 e. The number of nitrogens with one attached hydrogen (secondary N) is 2. The summed E-state index contributed by atoms with van der Waals surface area (Å²) in [4.78, 5) is 11.8. The monoisotopic (exact) mass is 366 g/mol. The van der Waals surface area contributed by atoms with E-state index in [0.29, 0.717) is 24.4 Å². The lowest BCUT2D eigenvalue weighted by molar-refractivity contribution is -0.118. The summed E-state index contributed by atoms with van der Waals surface area (Å²) in [6.45, 7) is 4.87. The molecule has 0 saturated carbocycles. The molecular formula is C22H23FN2O2. The van der Waals surface area contributed by atoms with Crippen molar-refractivity contribution in [2.24, 2.45) is 5.92 Å². The topological polar surface area (TPSA) is 54.3 Å². The van der Waals surface area contributed by atoms with Gasteiger partial charge in [-0.2, -0.15) is 0 Å². The Morgan fingerprint density at radius 1 is 1.04 bits per heavy atom. The van der Waals surface area contributed by atoms with Gasteiger partial charge in [0, 0.05) is 18.2 Å². The number of benzene rings is 2. The van der Waals surface area contributed by atoms with E-state index in [1.807, 2.05) is 44.2 Å². The molecule has 0 aliphatic heterocycles. The highest BCUT2D eigenvalue weighted by atomic mass is 19.1. The number of amides is 1. The van der Waals surface area contributed by atoms with Gasteiger partial charge in [0.2, 0.25) is 5.91 Å². The second-order valence-corrected chi connectivity index (χ2v) is 6.69. The zero-order chi connectivity index (χ0) is 19.2. The van der Waals surface area contributed by atoms with E-state index in [4.69, 9.17) is 4.42 Å². The highest BCUT2D eigenvalue weighted by Gasteiger charge is 2.09. The van der Waals surface area contributed by atoms with Crippen molar-refractivity contribution in [2.75, 3.05) is 5.32 Å². The molecule has 0 aliphatic rings. The van der Waals surface area contributed by atoms with Gasteiger partial charge in [-0.05, 0) is 42.0 Å². The number of carbonyl (C=O) groups excluding carboxylic acids is 1. The fourth-order valence-electron chi connectivity index (χ4n) is 2.65. The molecule has 140 valence electrons. The lowest BCUT2D eigenvalue weighted by atomic mass is 10.1. The molecule has 0 atom stereocenters. The molecule has 1 amide bonds. The molecule has 3 aromatic rings. The largest absolute Gasteiger partial charge is 0.460 e. The number of hydrogen-bond acceptors (Lipinski definition) is 3. The highest BCUT2D eigenvalue weighted by molar-refractivity contribution is 5.92. The van der Waals surface area contributed by atoms with Gasteiger partial charge in [-0.3, -0.25) is 4.79 Å². The average molecular weight is 366 g/mol. The van der Waals surface area contributed by atoms with Crippen LogP contribution in [0.4, 0.5) is 10.1 Å². The lowest BCUT2D eigenvalue weighted by Crippen LogP contribution is -2.18. The number of furan rings is 1. The zero-order valence-corrected chi connectivity index (χ0v) is 15.5. The number of anilines is 1. The van der Waals surface area contributed by atoms with E-state index >= 15 is 0 Å². The second-order valence-electron chi connectivity index (χ2n) is 6.69. The molecule has 5 heteroatoms. The first kappa shape index (κ1) is 18.9. The summed E-state index contributed by atoms with van der Waals surface area (Å²) in [5, 5.41) is 6.20. The van der Waals surface area contributed by atoms with Crippen LogP contribution >= 0.6 is 0 Å². The number of hydrogen-bond donors (Lipinski definition) is 2. The second kappa shape index (κ2) is 8.64. The summed E-state index contributed by atoms with van der Waals surface area (Å²) in [6, 6.07) is 17.9. The minimum atomic E-state index is -0.299. The van der Waals surface area contributed by atoms with Crippen molar-refractivity contribution in [3.8, 4) is 11.3 Å². The first-order valence-corrected chi connectivity index (χ1v) is 8.97. The summed E-state index contributed by atoms with van der Waals surface area (Å²) < 4.78 is 19.6. The van der Waals surface area contributed by atoms with Crippen LogP contribution in [0.3, 0.4) is 0 Å². The zero-order valence-electron chi connectivity index (χ0n) is 15.5. The molecule has 1 aromatic heterocycles. The van der Waals surface area contributed by atoms with Crippen LogP contribution in [-0.4, -0.2) is 5.91 Å². The molecule has 0 unspecified atom stereocenters. The SMILES string of the molecule is CC(C)C(=O)Nc1cccc(CNCc2ccc(-c3ccccc3F)o2)c1. The molecule has 0 fully saturated rings. The smallest absolute Gasteiger partial charge is 0.226 e. The molecular weight excluding hydrogens is 343 g/mol. The van der Waals surface area contributed by atoms with Gasteiger partial charge >= 0.3 is 0 Å². The predicted molar refractivity (Wildman–Crippen MR) is 105 cm³/mol. The van der Waals surface area contributed by atoms with Gasteiger partial charge in [-0.1, -0.05) is 38.1 Å². The third-order valence-electron chi connectivity index (χ3n) is 4.15. The van der Waals surface area contributed by atoms with Crippen molar-refractivity contribution < 1.29 is 13.6 Å². The van der Waals surface area contributed by atoms with E-state index in [-0.39, 0.29) is 17.6 Å².